The number of nitrogens with one attached hydrogen (secondary N) is 1. The van der Waals surface area contributed by atoms with Crippen LogP contribution in [0.4, 0.5) is 13.2 Å². The number of rotatable bonds is 8. The molecule has 0 saturated carbocycles. The lowest BCUT2D eigenvalue weighted by molar-refractivity contribution is -0.610. The number of nitrogens with two attached hydrogens (primary N) is 1. The Labute approximate surface area is 195 Å². The maximum atomic E-state index is 13.0. The van der Waals surface area contributed by atoms with Gasteiger partial charge in [-0.2, -0.15) is 13.2 Å². The number of carbonyl (C=O) groups is 1. The molecule has 0 bridgehead atoms. The number of aromatic amines is 1. The Bertz CT molecular complexity index is 1110. The molecular formula is C19H20ClF3N4O3S2. The molecule has 3 rings (SSSR count). The molecule has 0 amide bonds. The largest absolute Gasteiger partial charge is 1.00 e. The molecule has 0 unspecified atom stereocenters. The second kappa shape index (κ2) is 10.6. The number of pyridine rings is 1. The van der Waals surface area contributed by atoms with Gasteiger partial charge in [0.25, 0.3) is 0 Å². The number of carboxylic acids is 1. The molecule has 0 saturated heterocycles. The van der Waals surface area contributed by atoms with E-state index in [1.807, 2.05) is 6.92 Å². The van der Waals surface area contributed by atoms with Crippen molar-refractivity contribution in [2.24, 2.45) is 5.73 Å². The van der Waals surface area contributed by atoms with E-state index in [1.165, 1.54) is 27.7 Å². The normalized spacial score (nSPS) is 12.4. The number of nitrogens with zero attached hydrogens (tertiary/aromatic N) is 2. The number of carboxylic acid groups (broad SMARTS) is 1. The monoisotopic (exact) mass is 508 g/mol. The number of H-pyrrole nitrogens is 1. The molecule has 0 radical (unpaired) electrons. The van der Waals surface area contributed by atoms with E-state index in [0.29, 0.717) is 23.0 Å². The topological polar surface area (TPSA) is 105 Å². The highest BCUT2D eigenvalue weighted by Gasteiger charge is 2.32. The van der Waals surface area contributed by atoms with Gasteiger partial charge in [-0.1, -0.05) is 26.6 Å². The zero-order valence-corrected chi connectivity index (χ0v) is 19.3. The number of aromatic nitrogens is 3. The van der Waals surface area contributed by atoms with Crippen LogP contribution < -0.4 is 27.4 Å². The van der Waals surface area contributed by atoms with Gasteiger partial charge in [0, 0.05) is 17.4 Å². The number of hydrogen-bond donors (Lipinski definition) is 3. The Kier molecular flexibility index (Phi) is 8.68. The summed E-state index contributed by atoms with van der Waals surface area (Å²) in [6.45, 7) is 1.86. The van der Waals surface area contributed by atoms with Gasteiger partial charge in [0.1, 0.15) is 23.0 Å². The quantitative estimate of drug-likeness (QED) is 0.231. The maximum Gasteiger partial charge on any atom is 0.416 e. The molecule has 0 fully saturated rings. The minimum Gasteiger partial charge on any atom is -1.00 e. The lowest BCUT2D eigenvalue weighted by Crippen LogP contribution is -3.00. The Morgan fingerprint density at radius 3 is 2.69 bits per heavy atom. The second-order valence-corrected chi connectivity index (χ2v) is 9.11. The summed E-state index contributed by atoms with van der Waals surface area (Å²) < 4.78 is 46.2. The average molecular weight is 509 g/mol. The third-order valence-electron chi connectivity index (χ3n) is 4.56. The molecule has 32 heavy (non-hydrogen) atoms. The number of alkyl halides is 3. The third-order valence-corrected chi connectivity index (χ3v) is 6.87. The van der Waals surface area contributed by atoms with E-state index in [9.17, 15) is 18.0 Å². The minimum atomic E-state index is -4.45. The van der Waals surface area contributed by atoms with Crippen LogP contribution in [0.25, 0.3) is 17.0 Å². The molecule has 0 spiro atoms. The van der Waals surface area contributed by atoms with Gasteiger partial charge in [-0.25, -0.2) is 9.55 Å². The van der Waals surface area contributed by atoms with Crippen LogP contribution in [-0.4, -0.2) is 39.9 Å². The highest BCUT2D eigenvalue weighted by molar-refractivity contribution is 8.76. The van der Waals surface area contributed by atoms with E-state index in [1.54, 1.807) is 23.9 Å². The molecule has 0 aliphatic carbocycles. The fourth-order valence-electron chi connectivity index (χ4n) is 2.85. The van der Waals surface area contributed by atoms with Gasteiger partial charge in [0.15, 0.2) is 5.52 Å². The SMILES string of the molecule is COc1cc[n+](-c2nc3cc(C(F)(F)F)ccc3[nH]2)c(CSSC[C@H](N)C(=O)O)c1C.[Cl-]. The van der Waals surface area contributed by atoms with Crippen LogP contribution in [-0.2, 0) is 16.7 Å². The van der Waals surface area contributed by atoms with E-state index in [-0.39, 0.29) is 23.7 Å². The van der Waals surface area contributed by atoms with Gasteiger partial charge >= 0.3 is 18.1 Å². The van der Waals surface area contributed by atoms with Gasteiger partial charge in [-0.15, -0.1) is 0 Å². The second-order valence-electron chi connectivity index (χ2n) is 6.61. The van der Waals surface area contributed by atoms with E-state index >= 15 is 0 Å². The number of fused-ring (bicyclic) bond motifs is 1. The van der Waals surface area contributed by atoms with Crippen LogP contribution in [0, 0.1) is 6.92 Å². The summed E-state index contributed by atoms with van der Waals surface area (Å²) in [7, 11) is 4.28. The molecule has 1 atom stereocenters. The summed E-state index contributed by atoms with van der Waals surface area (Å²) in [6.07, 6.45) is -2.73. The summed E-state index contributed by atoms with van der Waals surface area (Å²) in [5.74, 6) is 0.636. The summed E-state index contributed by atoms with van der Waals surface area (Å²) in [6, 6.07) is 4.14. The van der Waals surface area contributed by atoms with Gasteiger partial charge in [-0.05, 0) is 25.1 Å². The smallest absolute Gasteiger partial charge is 0.416 e. The van der Waals surface area contributed by atoms with Crippen molar-refractivity contribution in [1.29, 1.82) is 0 Å². The summed E-state index contributed by atoms with van der Waals surface area (Å²) >= 11 is 0. The summed E-state index contributed by atoms with van der Waals surface area (Å²) in [5, 5.41) is 8.89. The third kappa shape index (κ3) is 5.80. The van der Waals surface area contributed by atoms with Crippen LogP contribution in [0.15, 0.2) is 30.5 Å². The number of hydrogen-bond acceptors (Lipinski definition) is 6. The first-order chi connectivity index (χ1) is 14.6. The van der Waals surface area contributed by atoms with Crippen molar-refractivity contribution in [3.8, 4) is 11.7 Å². The van der Waals surface area contributed by atoms with Crippen molar-refractivity contribution < 1.29 is 44.8 Å². The summed E-state index contributed by atoms with van der Waals surface area (Å²) in [4.78, 5) is 18.3. The predicted molar refractivity (Wildman–Crippen MR) is 113 cm³/mol. The zero-order chi connectivity index (χ0) is 22.8. The van der Waals surface area contributed by atoms with Crippen molar-refractivity contribution in [3.63, 3.8) is 0 Å². The van der Waals surface area contributed by atoms with E-state index < -0.39 is 23.8 Å². The molecule has 2 heterocycles. The molecule has 1 aromatic carbocycles. The number of methoxy groups -OCH3 is 1. The average Bonchev–Trinajstić information content (AvgIpc) is 3.14. The van der Waals surface area contributed by atoms with Crippen LogP contribution >= 0.6 is 21.6 Å². The van der Waals surface area contributed by atoms with Crippen LogP contribution in [0.3, 0.4) is 0 Å². The van der Waals surface area contributed by atoms with Crippen LogP contribution in [0.1, 0.15) is 16.8 Å². The first kappa shape index (κ1) is 26.1. The number of benzene rings is 1. The van der Waals surface area contributed by atoms with E-state index in [0.717, 1.165) is 23.4 Å². The van der Waals surface area contributed by atoms with Gasteiger partial charge in [0.05, 0.1) is 24.6 Å². The molecule has 4 N–H and O–H groups in total. The Morgan fingerprint density at radius 1 is 1.34 bits per heavy atom. The predicted octanol–water partition coefficient (Wildman–Crippen LogP) is 0.473. The number of aliphatic carboxylic acids is 1. The van der Waals surface area contributed by atoms with Crippen molar-refractivity contribution in [3.05, 3.63) is 47.3 Å². The first-order valence-electron chi connectivity index (χ1n) is 9.00. The molecule has 7 nitrogen and oxygen atoms in total. The van der Waals surface area contributed by atoms with Gasteiger partial charge in [-0.3, -0.25) is 4.79 Å². The van der Waals surface area contributed by atoms with Crippen molar-refractivity contribution >= 4 is 38.6 Å². The van der Waals surface area contributed by atoms with E-state index in [4.69, 9.17) is 15.6 Å². The van der Waals surface area contributed by atoms with Crippen molar-refractivity contribution in [2.45, 2.75) is 24.9 Å². The first-order valence-corrected chi connectivity index (χ1v) is 11.5. The van der Waals surface area contributed by atoms with Crippen LogP contribution in [0.5, 0.6) is 5.75 Å². The number of ether oxygens (including phenoxy) is 1. The highest BCUT2D eigenvalue weighted by atomic mass is 35.5. The zero-order valence-electron chi connectivity index (χ0n) is 16.9. The van der Waals surface area contributed by atoms with Gasteiger partial charge < -0.3 is 28.0 Å². The maximum absolute atomic E-state index is 13.0. The van der Waals surface area contributed by atoms with E-state index in [2.05, 4.69) is 9.97 Å². The molecular weight excluding hydrogens is 489 g/mol. The number of halogens is 4. The fourth-order valence-corrected chi connectivity index (χ4v) is 5.10. The minimum absolute atomic E-state index is 0. The Morgan fingerprint density at radius 2 is 2.06 bits per heavy atom. The summed E-state index contributed by atoms with van der Waals surface area (Å²) in [5.41, 5.74) is 7.07. The van der Waals surface area contributed by atoms with Crippen molar-refractivity contribution in [1.82, 2.24) is 9.97 Å². The standard InChI is InChI=1S/C19H19F3N4O3S2.ClH/c1-10-15(9-31-30-8-12(23)17(27)28)26(6-5-16(10)29-2)18-24-13-4-3-11(19(20,21)22)7-14(13)25-18;/h3-7,12H,8-9,23H2,1-2H3,(H-,24,25,27,28);1H/t12-;/m0./s1. The molecule has 0 aliphatic rings. The van der Waals surface area contributed by atoms with Gasteiger partial charge in [0.2, 0.25) is 0 Å². The molecule has 13 heteroatoms. The molecule has 3 aromatic rings. The Balaban J connectivity index is 0.00000363. The van der Waals surface area contributed by atoms with Crippen LogP contribution in [0.2, 0.25) is 0 Å². The van der Waals surface area contributed by atoms with Crippen molar-refractivity contribution in [2.75, 3.05) is 12.9 Å². The molecule has 2 aromatic heterocycles. The molecule has 0 aliphatic heterocycles. The lowest BCUT2D eigenvalue weighted by atomic mass is 10.2. The highest BCUT2D eigenvalue weighted by Crippen LogP contribution is 2.32. The Hall–Kier alpha value is -2.15. The lowest BCUT2D eigenvalue weighted by Gasteiger charge is -2.12. The molecule has 174 valence electrons. The fraction of sp³-hybridized carbons (Fsp3) is 0.316. The number of imidazole rings is 1.